The van der Waals surface area contributed by atoms with E-state index in [1.807, 2.05) is 13.8 Å². The fourth-order valence-electron chi connectivity index (χ4n) is 3.97. The molecule has 0 saturated carbocycles. The van der Waals surface area contributed by atoms with Gasteiger partial charge in [0, 0.05) is 5.56 Å². The number of hydrogen-bond acceptors (Lipinski definition) is 6. The molecule has 0 bridgehead atoms. The van der Waals surface area contributed by atoms with Gasteiger partial charge >= 0.3 is 0 Å². The fourth-order valence-corrected chi connectivity index (χ4v) is 5.44. The van der Waals surface area contributed by atoms with Crippen molar-refractivity contribution in [1.29, 1.82) is 0 Å². The van der Waals surface area contributed by atoms with E-state index >= 15 is 0 Å². The SMILES string of the molecule is COc1ccc(OC)c([C@H](C)NC(=O)[C@H]2CN(S(=O)(=O)c3ccc(C)cc3)c3ccccc3O2)c1. The van der Waals surface area contributed by atoms with E-state index in [9.17, 15) is 13.2 Å². The van der Waals surface area contributed by atoms with Crippen LogP contribution in [-0.2, 0) is 14.8 Å². The van der Waals surface area contributed by atoms with E-state index in [4.69, 9.17) is 14.2 Å². The maximum atomic E-state index is 13.5. The van der Waals surface area contributed by atoms with Crippen LogP contribution in [0, 0.1) is 6.92 Å². The summed E-state index contributed by atoms with van der Waals surface area (Å²) in [5.41, 5.74) is 2.06. The number of carbonyl (C=O) groups is 1. The Morgan fingerprint density at radius 2 is 1.77 bits per heavy atom. The van der Waals surface area contributed by atoms with E-state index in [1.165, 1.54) is 4.31 Å². The van der Waals surface area contributed by atoms with Gasteiger partial charge in [-0.15, -0.1) is 0 Å². The summed E-state index contributed by atoms with van der Waals surface area (Å²) in [4.78, 5) is 13.4. The summed E-state index contributed by atoms with van der Waals surface area (Å²) in [6.07, 6.45) is -1.05. The third-order valence-corrected chi connectivity index (χ3v) is 7.69. The van der Waals surface area contributed by atoms with Crippen LogP contribution in [0.1, 0.15) is 24.1 Å². The van der Waals surface area contributed by atoms with Crippen LogP contribution in [0.15, 0.2) is 71.6 Å². The molecule has 1 aliphatic heterocycles. The number of ether oxygens (including phenoxy) is 3. The molecule has 1 heterocycles. The van der Waals surface area contributed by atoms with Gasteiger partial charge in [0.05, 0.1) is 37.4 Å². The molecule has 9 heteroatoms. The predicted octanol–water partition coefficient (Wildman–Crippen LogP) is 3.85. The molecule has 3 aromatic rings. The average Bonchev–Trinajstić information content (AvgIpc) is 2.87. The zero-order chi connectivity index (χ0) is 25.2. The van der Waals surface area contributed by atoms with Crippen LogP contribution in [-0.4, -0.2) is 41.2 Å². The van der Waals surface area contributed by atoms with Gasteiger partial charge in [-0.2, -0.15) is 0 Å². The molecule has 35 heavy (non-hydrogen) atoms. The van der Waals surface area contributed by atoms with Crippen LogP contribution in [0.25, 0.3) is 0 Å². The first-order valence-corrected chi connectivity index (χ1v) is 12.6. The number of methoxy groups -OCH3 is 2. The molecule has 0 aliphatic carbocycles. The molecule has 184 valence electrons. The number of amides is 1. The van der Waals surface area contributed by atoms with E-state index in [0.717, 1.165) is 11.1 Å². The second-order valence-corrected chi connectivity index (χ2v) is 10.1. The van der Waals surface area contributed by atoms with Crippen molar-refractivity contribution < 1.29 is 27.4 Å². The highest BCUT2D eigenvalue weighted by Crippen LogP contribution is 2.37. The molecule has 0 fully saturated rings. The van der Waals surface area contributed by atoms with E-state index in [1.54, 1.807) is 80.9 Å². The molecule has 0 radical (unpaired) electrons. The Labute approximate surface area is 205 Å². The number of aryl methyl sites for hydroxylation is 1. The normalized spacial score (nSPS) is 16.0. The van der Waals surface area contributed by atoms with Gasteiger partial charge in [-0.05, 0) is 56.3 Å². The number of nitrogens with zero attached hydrogens (tertiary/aromatic N) is 1. The lowest BCUT2D eigenvalue weighted by molar-refractivity contribution is -0.128. The summed E-state index contributed by atoms with van der Waals surface area (Å²) in [6, 6.07) is 18.3. The number of anilines is 1. The van der Waals surface area contributed by atoms with Crippen LogP contribution in [0.2, 0.25) is 0 Å². The van der Waals surface area contributed by atoms with Crippen LogP contribution >= 0.6 is 0 Å². The number of rotatable bonds is 7. The van der Waals surface area contributed by atoms with Crippen molar-refractivity contribution in [2.45, 2.75) is 30.9 Å². The van der Waals surface area contributed by atoms with Crippen LogP contribution in [0.5, 0.6) is 17.2 Å². The lowest BCUT2D eigenvalue weighted by Gasteiger charge is -2.35. The van der Waals surface area contributed by atoms with E-state index in [-0.39, 0.29) is 11.4 Å². The Morgan fingerprint density at radius 3 is 2.46 bits per heavy atom. The number of para-hydroxylation sites is 2. The number of fused-ring (bicyclic) bond motifs is 1. The van der Waals surface area contributed by atoms with Crippen LogP contribution in [0.4, 0.5) is 5.69 Å². The van der Waals surface area contributed by atoms with E-state index in [0.29, 0.717) is 22.9 Å². The van der Waals surface area contributed by atoms with Gasteiger partial charge in [-0.3, -0.25) is 9.10 Å². The lowest BCUT2D eigenvalue weighted by atomic mass is 10.1. The van der Waals surface area contributed by atoms with Crippen LogP contribution < -0.4 is 23.8 Å². The monoisotopic (exact) mass is 496 g/mol. The average molecular weight is 497 g/mol. The minimum atomic E-state index is -3.92. The summed E-state index contributed by atoms with van der Waals surface area (Å²) < 4.78 is 45.0. The Kier molecular flexibility index (Phi) is 6.88. The fraction of sp³-hybridized carbons (Fsp3) is 0.269. The summed E-state index contributed by atoms with van der Waals surface area (Å²) in [5, 5.41) is 2.92. The molecule has 1 aliphatic rings. The van der Waals surface area contributed by atoms with Crippen molar-refractivity contribution in [1.82, 2.24) is 5.32 Å². The largest absolute Gasteiger partial charge is 0.497 e. The van der Waals surface area contributed by atoms with Crippen LogP contribution in [0.3, 0.4) is 0 Å². The molecule has 4 rings (SSSR count). The highest BCUT2D eigenvalue weighted by molar-refractivity contribution is 7.92. The van der Waals surface area contributed by atoms with E-state index in [2.05, 4.69) is 5.32 Å². The summed E-state index contributed by atoms with van der Waals surface area (Å²) >= 11 is 0. The maximum Gasteiger partial charge on any atom is 0.264 e. The number of benzene rings is 3. The first kappa shape index (κ1) is 24.4. The smallest absolute Gasteiger partial charge is 0.264 e. The van der Waals surface area contributed by atoms with Gasteiger partial charge in [0.2, 0.25) is 0 Å². The van der Waals surface area contributed by atoms with Gasteiger partial charge in [-0.1, -0.05) is 29.8 Å². The Bertz CT molecular complexity index is 1320. The zero-order valence-electron chi connectivity index (χ0n) is 20.0. The minimum Gasteiger partial charge on any atom is -0.497 e. The molecule has 2 atom stereocenters. The molecule has 1 amide bonds. The minimum absolute atomic E-state index is 0.147. The molecule has 8 nitrogen and oxygen atoms in total. The highest BCUT2D eigenvalue weighted by atomic mass is 32.2. The molecule has 0 unspecified atom stereocenters. The third-order valence-electron chi connectivity index (χ3n) is 5.90. The number of sulfonamides is 1. The summed E-state index contributed by atoms with van der Waals surface area (Å²) in [6.45, 7) is 3.53. The van der Waals surface area contributed by atoms with Gasteiger partial charge in [0.25, 0.3) is 15.9 Å². The molecular weight excluding hydrogens is 468 g/mol. The van der Waals surface area contributed by atoms with Crippen molar-refractivity contribution in [3.63, 3.8) is 0 Å². The predicted molar refractivity (Wildman–Crippen MR) is 133 cm³/mol. The second kappa shape index (κ2) is 9.87. The number of nitrogens with one attached hydrogen (secondary N) is 1. The van der Waals surface area contributed by atoms with Crippen molar-refractivity contribution in [2.75, 3.05) is 25.1 Å². The molecule has 0 aromatic heterocycles. The third kappa shape index (κ3) is 4.90. The van der Waals surface area contributed by atoms with Gasteiger partial charge in [0.15, 0.2) is 6.10 Å². The second-order valence-electron chi connectivity index (χ2n) is 8.26. The standard InChI is InChI=1S/C26H28N2O6S/c1-17-9-12-20(13-10-17)35(30,31)28-16-25(34-24-8-6-5-7-22(24)28)26(29)27-18(2)21-15-19(32-3)11-14-23(21)33-4/h5-15,18,25H,16H2,1-4H3,(H,27,29)/t18-,25+/m0/s1. The maximum absolute atomic E-state index is 13.5. The molecular formula is C26H28N2O6S. The first-order chi connectivity index (χ1) is 16.7. The summed E-state index contributed by atoms with van der Waals surface area (Å²) in [7, 11) is -0.811. The summed E-state index contributed by atoms with van der Waals surface area (Å²) in [5.74, 6) is 1.10. The number of hydrogen-bond donors (Lipinski definition) is 1. The molecule has 3 aromatic carbocycles. The van der Waals surface area contributed by atoms with Gasteiger partial charge in [-0.25, -0.2) is 8.42 Å². The zero-order valence-corrected chi connectivity index (χ0v) is 20.8. The van der Waals surface area contributed by atoms with Gasteiger partial charge < -0.3 is 19.5 Å². The highest BCUT2D eigenvalue weighted by Gasteiger charge is 2.38. The molecule has 0 spiro atoms. The number of carbonyl (C=O) groups excluding carboxylic acids is 1. The quantitative estimate of drug-likeness (QED) is 0.534. The van der Waals surface area contributed by atoms with Crippen molar-refractivity contribution >= 4 is 21.6 Å². The Morgan fingerprint density at radius 1 is 1.06 bits per heavy atom. The Hall–Kier alpha value is -3.72. The molecule has 0 saturated heterocycles. The Balaban J connectivity index is 1.62. The lowest BCUT2D eigenvalue weighted by Crippen LogP contribution is -2.51. The van der Waals surface area contributed by atoms with E-state index < -0.39 is 28.1 Å². The molecule has 1 N–H and O–H groups in total. The first-order valence-electron chi connectivity index (χ1n) is 11.1. The van der Waals surface area contributed by atoms with Crippen molar-refractivity contribution in [3.05, 3.63) is 77.9 Å². The van der Waals surface area contributed by atoms with Crippen molar-refractivity contribution in [2.24, 2.45) is 0 Å². The van der Waals surface area contributed by atoms with Gasteiger partial charge in [0.1, 0.15) is 17.2 Å². The topological polar surface area (TPSA) is 94.2 Å². The van der Waals surface area contributed by atoms with Crippen molar-refractivity contribution in [3.8, 4) is 17.2 Å².